The predicted molar refractivity (Wildman–Crippen MR) is 91.5 cm³/mol. The van der Waals surface area contributed by atoms with Gasteiger partial charge in [-0.25, -0.2) is 4.39 Å². The fourth-order valence-corrected chi connectivity index (χ4v) is 3.39. The molecule has 2 aliphatic heterocycles. The molecule has 0 unspecified atom stereocenters. The first-order valence-corrected chi connectivity index (χ1v) is 8.37. The molecule has 0 bridgehead atoms. The summed E-state index contributed by atoms with van der Waals surface area (Å²) in [7, 11) is 0. The van der Waals surface area contributed by atoms with Gasteiger partial charge in [0.1, 0.15) is 5.82 Å². The van der Waals surface area contributed by atoms with E-state index >= 15 is 0 Å². The minimum absolute atomic E-state index is 0.328. The first-order chi connectivity index (χ1) is 11.6. The van der Waals surface area contributed by atoms with E-state index in [-0.39, 0.29) is 0 Å². The van der Waals surface area contributed by atoms with Gasteiger partial charge in [-0.15, -0.1) is 0 Å². The summed E-state index contributed by atoms with van der Waals surface area (Å²) in [4.78, 5) is 2.25. The summed E-state index contributed by atoms with van der Waals surface area (Å²) in [6.45, 7) is 5.36. The molecule has 4 rings (SSSR count). The Kier molecular flexibility index (Phi) is 3.77. The molecule has 2 aromatic carbocycles. The van der Waals surface area contributed by atoms with Crippen LogP contribution in [0.4, 0.5) is 10.1 Å². The second-order valence-electron chi connectivity index (χ2n) is 6.12. The molecule has 126 valence electrons. The highest BCUT2D eigenvalue weighted by molar-refractivity contribution is 6.30. The third-order valence-electron chi connectivity index (χ3n) is 4.44. The molecule has 6 heteroatoms. The molecule has 2 aromatic rings. The van der Waals surface area contributed by atoms with Gasteiger partial charge in [0.05, 0.1) is 11.3 Å². The van der Waals surface area contributed by atoms with Crippen molar-refractivity contribution in [2.24, 2.45) is 0 Å². The molecular formula is C18H18ClFN2O2. The summed E-state index contributed by atoms with van der Waals surface area (Å²) in [5.41, 5.74) is 1.31. The Morgan fingerprint density at radius 1 is 1.17 bits per heavy atom. The number of anilines is 1. The quantitative estimate of drug-likeness (QED) is 0.900. The molecule has 1 saturated heterocycles. The lowest BCUT2D eigenvalue weighted by Crippen LogP contribution is -2.43. The van der Waals surface area contributed by atoms with Crippen molar-refractivity contribution in [1.29, 1.82) is 0 Å². The molecular weight excluding hydrogens is 331 g/mol. The Bertz CT molecular complexity index is 780. The second kappa shape index (κ2) is 5.83. The standard InChI is InChI=1S/C18H18ClFN2O2/c1-18(13-6-5-12(19)11-14(13)20)23-16-4-2-3-15(17(16)24-18)22-9-7-21-8-10-22/h2-6,11,21H,7-10H2,1H3/t18-/m0/s1. The highest BCUT2D eigenvalue weighted by atomic mass is 35.5. The number of halogens is 2. The number of hydrogen-bond donors (Lipinski definition) is 1. The minimum Gasteiger partial charge on any atom is -0.444 e. The van der Waals surface area contributed by atoms with Crippen LogP contribution in [0.1, 0.15) is 12.5 Å². The fourth-order valence-electron chi connectivity index (χ4n) is 3.24. The summed E-state index contributed by atoms with van der Waals surface area (Å²) in [5.74, 6) is -0.359. The number of ether oxygens (including phenoxy) is 2. The number of piperazine rings is 1. The molecule has 1 fully saturated rings. The van der Waals surface area contributed by atoms with Crippen LogP contribution in [-0.4, -0.2) is 26.2 Å². The summed E-state index contributed by atoms with van der Waals surface area (Å²) in [6.07, 6.45) is 0. The van der Waals surface area contributed by atoms with Gasteiger partial charge in [0.25, 0.3) is 5.79 Å². The molecule has 0 saturated carbocycles. The number of hydrogen-bond acceptors (Lipinski definition) is 4. The molecule has 0 aromatic heterocycles. The van der Waals surface area contributed by atoms with Crippen molar-refractivity contribution in [1.82, 2.24) is 5.32 Å². The number of nitrogens with zero attached hydrogens (tertiary/aromatic N) is 1. The summed E-state index contributed by atoms with van der Waals surface area (Å²) in [6, 6.07) is 10.3. The molecule has 2 aliphatic rings. The molecule has 0 radical (unpaired) electrons. The van der Waals surface area contributed by atoms with Crippen LogP contribution in [-0.2, 0) is 5.79 Å². The SMILES string of the molecule is C[C@]1(c2ccc(Cl)cc2F)Oc2cccc(N3CCNCC3)c2O1. The van der Waals surface area contributed by atoms with E-state index < -0.39 is 11.6 Å². The largest absolute Gasteiger partial charge is 0.444 e. The van der Waals surface area contributed by atoms with E-state index in [1.54, 1.807) is 19.1 Å². The van der Waals surface area contributed by atoms with E-state index in [1.807, 2.05) is 18.2 Å². The first-order valence-electron chi connectivity index (χ1n) is 7.99. The Morgan fingerprint density at radius 2 is 1.96 bits per heavy atom. The average Bonchev–Trinajstić information content (AvgIpc) is 2.92. The van der Waals surface area contributed by atoms with Crippen molar-refractivity contribution >= 4 is 17.3 Å². The monoisotopic (exact) mass is 348 g/mol. The zero-order valence-electron chi connectivity index (χ0n) is 13.3. The van der Waals surface area contributed by atoms with Crippen LogP contribution in [0.3, 0.4) is 0 Å². The van der Waals surface area contributed by atoms with Crippen LogP contribution in [0, 0.1) is 5.82 Å². The summed E-state index contributed by atoms with van der Waals surface area (Å²) in [5, 5.41) is 3.68. The van der Waals surface area contributed by atoms with Crippen LogP contribution < -0.4 is 19.7 Å². The van der Waals surface area contributed by atoms with Gasteiger partial charge in [0.2, 0.25) is 0 Å². The van der Waals surface area contributed by atoms with Crippen molar-refractivity contribution < 1.29 is 13.9 Å². The van der Waals surface area contributed by atoms with E-state index in [0.717, 1.165) is 31.9 Å². The smallest absolute Gasteiger partial charge is 0.278 e. The first kappa shape index (κ1) is 15.5. The maximum absolute atomic E-state index is 14.4. The zero-order valence-corrected chi connectivity index (χ0v) is 14.1. The van der Waals surface area contributed by atoms with Gasteiger partial charge in [-0.2, -0.15) is 0 Å². The van der Waals surface area contributed by atoms with E-state index in [1.165, 1.54) is 6.07 Å². The van der Waals surface area contributed by atoms with Crippen LogP contribution in [0.5, 0.6) is 11.5 Å². The van der Waals surface area contributed by atoms with E-state index in [2.05, 4.69) is 10.2 Å². The van der Waals surface area contributed by atoms with Crippen LogP contribution in [0.15, 0.2) is 36.4 Å². The lowest BCUT2D eigenvalue weighted by Gasteiger charge is -2.30. The fraction of sp³-hybridized carbons (Fsp3) is 0.333. The number of rotatable bonds is 2. The molecule has 24 heavy (non-hydrogen) atoms. The maximum Gasteiger partial charge on any atom is 0.278 e. The normalized spacial score (nSPS) is 22.7. The van der Waals surface area contributed by atoms with Crippen molar-refractivity contribution in [2.45, 2.75) is 12.7 Å². The van der Waals surface area contributed by atoms with E-state index in [9.17, 15) is 4.39 Å². The number of fused-ring (bicyclic) bond motifs is 1. The number of benzene rings is 2. The molecule has 2 heterocycles. The summed E-state index contributed by atoms with van der Waals surface area (Å²) >= 11 is 5.85. The van der Waals surface area contributed by atoms with Gasteiger partial charge in [-0.3, -0.25) is 0 Å². The lowest BCUT2D eigenvalue weighted by molar-refractivity contribution is -0.0705. The third kappa shape index (κ3) is 2.58. The molecule has 0 amide bonds. The van der Waals surface area contributed by atoms with Gasteiger partial charge >= 0.3 is 0 Å². The minimum atomic E-state index is -1.21. The zero-order chi connectivity index (χ0) is 16.7. The molecule has 4 nitrogen and oxygen atoms in total. The molecule has 1 atom stereocenters. The van der Waals surface area contributed by atoms with Gasteiger partial charge in [0, 0.05) is 38.1 Å². The molecule has 0 aliphatic carbocycles. The Labute approximate surface area is 145 Å². The Balaban J connectivity index is 1.70. The van der Waals surface area contributed by atoms with E-state index in [4.69, 9.17) is 21.1 Å². The van der Waals surface area contributed by atoms with Crippen LogP contribution in [0.25, 0.3) is 0 Å². The highest BCUT2D eigenvalue weighted by Crippen LogP contribution is 2.49. The van der Waals surface area contributed by atoms with Crippen molar-refractivity contribution in [3.63, 3.8) is 0 Å². The van der Waals surface area contributed by atoms with E-state index in [0.29, 0.717) is 22.1 Å². The Hall–Kier alpha value is -1.98. The number of nitrogens with one attached hydrogen (secondary N) is 1. The van der Waals surface area contributed by atoms with Gasteiger partial charge in [-0.1, -0.05) is 17.7 Å². The molecule has 1 N–H and O–H groups in total. The Morgan fingerprint density at radius 3 is 2.71 bits per heavy atom. The van der Waals surface area contributed by atoms with Gasteiger partial charge in [0.15, 0.2) is 11.5 Å². The van der Waals surface area contributed by atoms with Crippen molar-refractivity contribution in [3.05, 3.63) is 52.8 Å². The van der Waals surface area contributed by atoms with Gasteiger partial charge < -0.3 is 19.7 Å². The number of para-hydroxylation sites is 1. The topological polar surface area (TPSA) is 33.7 Å². The van der Waals surface area contributed by atoms with Crippen molar-refractivity contribution in [2.75, 3.05) is 31.1 Å². The van der Waals surface area contributed by atoms with Crippen LogP contribution in [0.2, 0.25) is 5.02 Å². The molecule has 0 spiro atoms. The third-order valence-corrected chi connectivity index (χ3v) is 4.67. The lowest BCUT2D eigenvalue weighted by atomic mass is 10.1. The average molecular weight is 349 g/mol. The second-order valence-corrected chi connectivity index (χ2v) is 6.55. The van der Waals surface area contributed by atoms with Crippen molar-refractivity contribution in [3.8, 4) is 11.5 Å². The summed E-state index contributed by atoms with van der Waals surface area (Å²) < 4.78 is 26.5. The predicted octanol–water partition coefficient (Wildman–Crippen LogP) is 3.53. The highest BCUT2D eigenvalue weighted by Gasteiger charge is 2.42. The van der Waals surface area contributed by atoms with Crippen LogP contribution >= 0.6 is 11.6 Å². The van der Waals surface area contributed by atoms with Gasteiger partial charge in [-0.05, 0) is 30.3 Å². The maximum atomic E-state index is 14.4.